The van der Waals surface area contributed by atoms with Crippen LogP contribution in [0.4, 0.5) is 4.39 Å². The van der Waals surface area contributed by atoms with Gasteiger partial charge in [0, 0.05) is 35.3 Å². The van der Waals surface area contributed by atoms with E-state index in [4.69, 9.17) is 0 Å². The first kappa shape index (κ1) is 18.2. The molecule has 142 valence electrons. The monoisotopic (exact) mass is 385 g/mol. The second-order valence-corrected chi connectivity index (χ2v) is 6.16. The summed E-state index contributed by atoms with van der Waals surface area (Å²) in [5.41, 5.74) is 5.85. The lowest BCUT2D eigenvalue weighted by Gasteiger charge is -2.00. The number of rotatable bonds is 5. The molecular weight excluding hydrogens is 369 g/mol. The summed E-state index contributed by atoms with van der Waals surface area (Å²) < 4.78 is 15.0. The molecule has 6 nitrogen and oxygen atoms in total. The predicted octanol–water partition coefficient (Wildman–Crippen LogP) is 3.84. The van der Waals surface area contributed by atoms with Crippen molar-refractivity contribution in [3.63, 3.8) is 0 Å². The minimum atomic E-state index is -0.345. The smallest absolute Gasteiger partial charge is 0.267 e. The summed E-state index contributed by atoms with van der Waals surface area (Å²) in [6.07, 6.45) is 6.39. The number of pyridine rings is 1. The van der Waals surface area contributed by atoms with Crippen LogP contribution in [-0.4, -0.2) is 26.9 Å². The Hall–Kier alpha value is -4.13. The molecule has 1 N–H and O–H groups in total. The first-order valence-corrected chi connectivity index (χ1v) is 8.85. The maximum absolute atomic E-state index is 13.3. The van der Waals surface area contributed by atoms with Gasteiger partial charge < -0.3 is 0 Å². The van der Waals surface area contributed by atoms with Crippen molar-refractivity contribution in [2.45, 2.75) is 0 Å². The topological polar surface area (TPSA) is 72.2 Å². The molecule has 0 aliphatic rings. The summed E-state index contributed by atoms with van der Waals surface area (Å²) >= 11 is 0. The zero-order valence-electron chi connectivity index (χ0n) is 15.2. The lowest BCUT2D eigenvalue weighted by Crippen LogP contribution is -2.17. The van der Waals surface area contributed by atoms with Crippen molar-refractivity contribution in [3.8, 4) is 16.9 Å². The zero-order chi connectivity index (χ0) is 20.1. The Kier molecular flexibility index (Phi) is 5.20. The standard InChI is InChI=1S/C22H16FN5O/c23-19-8-6-16(7-9-19)21-18(15-28(27-21)20-4-2-1-3-5-20)14-25-26-22(29)17-10-12-24-13-11-17/h1-15H,(H,26,29)/b25-14-. The third-order valence-electron chi connectivity index (χ3n) is 4.19. The lowest BCUT2D eigenvalue weighted by atomic mass is 10.1. The highest BCUT2D eigenvalue weighted by molar-refractivity contribution is 5.95. The number of halogens is 1. The van der Waals surface area contributed by atoms with E-state index in [1.54, 1.807) is 35.1 Å². The van der Waals surface area contributed by atoms with Gasteiger partial charge in [-0.05, 0) is 48.5 Å². The molecule has 0 spiro atoms. The van der Waals surface area contributed by atoms with Crippen LogP contribution in [0.1, 0.15) is 15.9 Å². The summed E-state index contributed by atoms with van der Waals surface area (Å²) in [6, 6.07) is 18.9. The van der Waals surface area contributed by atoms with Gasteiger partial charge in [-0.1, -0.05) is 18.2 Å². The molecule has 0 atom stereocenters. The largest absolute Gasteiger partial charge is 0.271 e. The maximum Gasteiger partial charge on any atom is 0.271 e. The fraction of sp³-hybridized carbons (Fsp3) is 0. The Bertz CT molecular complexity index is 1140. The van der Waals surface area contributed by atoms with E-state index in [1.165, 1.54) is 30.7 Å². The minimum Gasteiger partial charge on any atom is -0.267 e. The molecule has 2 heterocycles. The molecule has 0 aliphatic carbocycles. The van der Waals surface area contributed by atoms with Gasteiger partial charge in [0.1, 0.15) is 11.5 Å². The molecule has 0 aliphatic heterocycles. The molecule has 0 saturated heterocycles. The number of benzene rings is 2. The number of nitrogens with one attached hydrogen (secondary N) is 1. The molecule has 2 aromatic heterocycles. The van der Waals surface area contributed by atoms with Gasteiger partial charge in [-0.25, -0.2) is 14.5 Å². The van der Waals surface area contributed by atoms with Crippen molar-refractivity contribution in [2.75, 3.05) is 0 Å². The number of carbonyl (C=O) groups is 1. The molecule has 2 aromatic carbocycles. The van der Waals surface area contributed by atoms with Gasteiger partial charge in [-0.2, -0.15) is 10.2 Å². The van der Waals surface area contributed by atoms with Gasteiger partial charge in [0.15, 0.2) is 0 Å². The molecular formula is C22H16FN5O. The predicted molar refractivity (Wildman–Crippen MR) is 108 cm³/mol. The highest BCUT2D eigenvalue weighted by Crippen LogP contribution is 2.23. The third-order valence-corrected chi connectivity index (χ3v) is 4.19. The first-order chi connectivity index (χ1) is 14.2. The summed E-state index contributed by atoms with van der Waals surface area (Å²) in [6.45, 7) is 0. The van der Waals surface area contributed by atoms with E-state index in [0.717, 1.165) is 11.3 Å². The quantitative estimate of drug-likeness (QED) is 0.419. The average molecular weight is 385 g/mol. The Morgan fingerprint density at radius 3 is 2.45 bits per heavy atom. The summed E-state index contributed by atoms with van der Waals surface area (Å²) in [7, 11) is 0. The Morgan fingerprint density at radius 1 is 1.00 bits per heavy atom. The number of hydrogen-bond donors (Lipinski definition) is 1. The fourth-order valence-corrected chi connectivity index (χ4v) is 2.76. The van der Waals surface area contributed by atoms with E-state index in [0.29, 0.717) is 16.8 Å². The highest BCUT2D eigenvalue weighted by Gasteiger charge is 2.11. The second kappa shape index (κ2) is 8.26. The Labute approximate surface area is 166 Å². The number of nitrogens with zero attached hydrogens (tertiary/aromatic N) is 4. The number of amides is 1. The molecule has 7 heteroatoms. The van der Waals surface area contributed by atoms with Gasteiger partial charge in [0.2, 0.25) is 0 Å². The van der Waals surface area contributed by atoms with Crippen LogP contribution in [0.5, 0.6) is 0 Å². The van der Waals surface area contributed by atoms with Crippen LogP contribution in [0.15, 0.2) is 90.4 Å². The van der Waals surface area contributed by atoms with E-state index in [1.807, 2.05) is 30.3 Å². The second-order valence-electron chi connectivity index (χ2n) is 6.16. The average Bonchev–Trinajstić information content (AvgIpc) is 3.19. The number of hydrazone groups is 1. The van der Waals surface area contributed by atoms with E-state index in [-0.39, 0.29) is 11.7 Å². The van der Waals surface area contributed by atoms with Crippen molar-refractivity contribution < 1.29 is 9.18 Å². The fourth-order valence-electron chi connectivity index (χ4n) is 2.76. The molecule has 1 amide bonds. The number of para-hydroxylation sites is 1. The maximum atomic E-state index is 13.3. The van der Waals surface area contributed by atoms with Gasteiger partial charge in [-0.15, -0.1) is 0 Å². The van der Waals surface area contributed by atoms with Crippen molar-refractivity contribution in [3.05, 3.63) is 102 Å². The molecule has 0 fully saturated rings. The van der Waals surface area contributed by atoms with Crippen LogP contribution in [0.25, 0.3) is 16.9 Å². The molecule has 4 aromatic rings. The number of carbonyl (C=O) groups excluding carboxylic acids is 1. The van der Waals surface area contributed by atoms with E-state index >= 15 is 0 Å². The zero-order valence-corrected chi connectivity index (χ0v) is 15.2. The van der Waals surface area contributed by atoms with Crippen LogP contribution in [0, 0.1) is 5.82 Å². The van der Waals surface area contributed by atoms with Crippen LogP contribution >= 0.6 is 0 Å². The Balaban J connectivity index is 1.64. The normalized spacial score (nSPS) is 10.9. The molecule has 29 heavy (non-hydrogen) atoms. The molecule has 0 bridgehead atoms. The SMILES string of the molecule is O=C(N/N=C\c1cn(-c2ccccc2)nc1-c1ccc(F)cc1)c1ccncc1. The summed E-state index contributed by atoms with van der Waals surface area (Å²) in [5, 5.41) is 8.67. The van der Waals surface area contributed by atoms with Gasteiger partial charge in [0.05, 0.1) is 11.9 Å². The van der Waals surface area contributed by atoms with Crippen LogP contribution in [0.2, 0.25) is 0 Å². The Morgan fingerprint density at radius 2 is 1.72 bits per heavy atom. The number of hydrogen-bond acceptors (Lipinski definition) is 4. The summed E-state index contributed by atoms with van der Waals surface area (Å²) in [5.74, 6) is -0.668. The van der Waals surface area contributed by atoms with Gasteiger partial charge in [0.25, 0.3) is 5.91 Å². The van der Waals surface area contributed by atoms with Crippen molar-refractivity contribution in [1.82, 2.24) is 20.2 Å². The molecule has 0 saturated carbocycles. The van der Waals surface area contributed by atoms with Gasteiger partial charge in [-0.3, -0.25) is 9.78 Å². The van der Waals surface area contributed by atoms with E-state index in [9.17, 15) is 9.18 Å². The third kappa shape index (κ3) is 4.24. The molecule has 4 rings (SSSR count). The van der Waals surface area contributed by atoms with E-state index < -0.39 is 0 Å². The molecule has 0 unspecified atom stereocenters. The van der Waals surface area contributed by atoms with Crippen molar-refractivity contribution in [1.29, 1.82) is 0 Å². The van der Waals surface area contributed by atoms with Crippen LogP contribution in [-0.2, 0) is 0 Å². The van der Waals surface area contributed by atoms with Crippen LogP contribution < -0.4 is 5.43 Å². The van der Waals surface area contributed by atoms with E-state index in [2.05, 4.69) is 20.6 Å². The first-order valence-electron chi connectivity index (χ1n) is 8.85. The summed E-state index contributed by atoms with van der Waals surface area (Å²) in [4.78, 5) is 16.0. The highest BCUT2D eigenvalue weighted by atomic mass is 19.1. The lowest BCUT2D eigenvalue weighted by molar-refractivity contribution is 0.0955. The number of aromatic nitrogens is 3. The van der Waals surface area contributed by atoms with Crippen molar-refractivity contribution in [2.24, 2.45) is 5.10 Å². The molecule has 0 radical (unpaired) electrons. The minimum absolute atomic E-state index is 0.323. The van der Waals surface area contributed by atoms with Crippen LogP contribution in [0.3, 0.4) is 0 Å². The van der Waals surface area contributed by atoms with Gasteiger partial charge >= 0.3 is 0 Å². The van der Waals surface area contributed by atoms with Crippen molar-refractivity contribution >= 4 is 12.1 Å².